The molecule has 0 radical (unpaired) electrons. The van der Waals surface area contributed by atoms with Gasteiger partial charge >= 0.3 is 0 Å². The average molecular weight is 327 g/mol. The third-order valence-electron chi connectivity index (χ3n) is 10.7. The van der Waals surface area contributed by atoms with Gasteiger partial charge in [-0.25, -0.2) is 0 Å². The molecule has 1 spiro atoms. The Morgan fingerprint density at radius 3 is 2.38 bits per heavy atom. The Kier molecular flexibility index (Phi) is 2.89. The van der Waals surface area contributed by atoms with E-state index in [-0.39, 0.29) is 0 Å². The van der Waals surface area contributed by atoms with Crippen LogP contribution in [0.3, 0.4) is 0 Å². The summed E-state index contributed by atoms with van der Waals surface area (Å²) in [6.45, 7) is 17.1. The molecule has 5 rings (SSSR count). The third kappa shape index (κ3) is 1.59. The molecule has 0 heterocycles. The Morgan fingerprint density at radius 2 is 1.67 bits per heavy atom. The van der Waals surface area contributed by atoms with Gasteiger partial charge in [-0.1, -0.05) is 39.8 Å². The Bertz CT molecular complexity index is 599. The number of rotatable bonds is 1. The smallest absolute Gasteiger partial charge is 0.0152 e. The highest BCUT2D eigenvalue weighted by molar-refractivity contribution is 5.31. The molecule has 4 unspecified atom stereocenters. The monoisotopic (exact) mass is 326 g/mol. The van der Waals surface area contributed by atoms with Crippen LogP contribution in [0.2, 0.25) is 0 Å². The van der Waals surface area contributed by atoms with E-state index in [9.17, 15) is 0 Å². The van der Waals surface area contributed by atoms with Crippen LogP contribution in [0.4, 0.5) is 0 Å². The Labute approximate surface area is 149 Å². The number of hydrogen-bond acceptors (Lipinski definition) is 0. The summed E-state index contributed by atoms with van der Waals surface area (Å²) in [4.78, 5) is 0. The van der Waals surface area contributed by atoms with Gasteiger partial charge in [0.05, 0.1) is 0 Å². The fourth-order valence-electron chi connectivity index (χ4n) is 9.55. The van der Waals surface area contributed by atoms with Crippen LogP contribution in [0.1, 0.15) is 86.0 Å². The van der Waals surface area contributed by atoms with Gasteiger partial charge in [0.15, 0.2) is 0 Å². The molecule has 5 saturated carbocycles. The lowest BCUT2D eigenvalue weighted by atomic mass is 9.50. The molecule has 0 amide bonds. The van der Waals surface area contributed by atoms with Gasteiger partial charge in [-0.3, -0.25) is 0 Å². The molecule has 5 aliphatic carbocycles. The van der Waals surface area contributed by atoms with Gasteiger partial charge < -0.3 is 0 Å². The van der Waals surface area contributed by atoms with Crippen LogP contribution in [0.15, 0.2) is 12.2 Å². The van der Waals surface area contributed by atoms with Gasteiger partial charge in [-0.15, -0.1) is 0 Å². The summed E-state index contributed by atoms with van der Waals surface area (Å²) in [6, 6.07) is 0. The minimum Gasteiger partial charge on any atom is -0.0998 e. The van der Waals surface area contributed by atoms with E-state index in [1.54, 1.807) is 12.8 Å². The predicted octanol–water partition coefficient (Wildman–Crippen LogP) is 6.86. The summed E-state index contributed by atoms with van der Waals surface area (Å²) in [5.41, 5.74) is 4.12. The Balaban J connectivity index is 1.47. The lowest BCUT2D eigenvalue weighted by Gasteiger charge is -2.54. The van der Waals surface area contributed by atoms with Crippen molar-refractivity contribution in [1.29, 1.82) is 0 Å². The summed E-state index contributed by atoms with van der Waals surface area (Å²) < 4.78 is 0. The van der Waals surface area contributed by atoms with Crippen molar-refractivity contribution in [3.05, 3.63) is 12.2 Å². The molecule has 0 N–H and O–H groups in total. The maximum absolute atomic E-state index is 4.38. The average Bonchev–Trinajstić information content (AvgIpc) is 2.88. The van der Waals surface area contributed by atoms with Gasteiger partial charge in [-0.05, 0) is 110 Å². The van der Waals surface area contributed by atoms with Crippen LogP contribution in [-0.4, -0.2) is 0 Å². The van der Waals surface area contributed by atoms with E-state index in [0.29, 0.717) is 16.2 Å². The second kappa shape index (κ2) is 4.34. The molecule has 0 saturated heterocycles. The first-order valence-corrected chi connectivity index (χ1v) is 10.8. The zero-order chi connectivity index (χ0) is 17.1. The molecular weight excluding hydrogens is 288 g/mol. The highest BCUT2D eigenvalue weighted by Crippen LogP contribution is 2.88. The quantitative estimate of drug-likeness (QED) is 0.462. The lowest BCUT2D eigenvalue weighted by molar-refractivity contribution is -0.0506. The molecule has 0 heteroatoms. The number of fused-ring (bicyclic) bond motifs is 4. The highest BCUT2D eigenvalue weighted by atomic mass is 14.9. The molecule has 5 fully saturated rings. The summed E-state index contributed by atoms with van der Waals surface area (Å²) in [7, 11) is 0. The molecular formula is C24H38. The second-order valence-electron chi connectivity index (χ2n) is 12.0. The molecule has 24 heavy (non-hydrogen) atoms. The lowest BCUT2D eigenvalue weighted by Crippen LogP contribution is -2.47. The fraction of sp³-hybridized carbons (Fsp3) is 0.917. The van der Waals surface area contributed by atoms with Gasteiger partial charge in [-0.2, -0.15) is 0 Å². The maximum Gasteiger partial charge on any atom is -0.0152 e. The van der Waals surface area contributed by atoms with Gasteiger partial charge in [0.2, 0.25) is 0 Å². The molecule has 134 valence electrons. The molecule has 0 aromatic heterocycles. The molecule has 0 aliphatic heterocycles. The second-order valence-corrected chi connectivity index (χ2v) is 12.0. The van der Waals surface area contributed by atoms with Crippen molar-refractivity contribution in [2.45, 2.75) is 86.0 Å². The van der Waals surface area contributed by atoms with Crippen molar-refractivity contribution in [3.8, 4) is 0 Å². The summed E-state index contributed by atoms with van der Waals surface area (Å²) in [6.07, 6.45) is 12.1. The van der Waals surface area contributed by atoms with Crippen LogP contribution in [0.25, 0.3) is 0 Å². The van der Waals surface area contributed by atoms with E-state index >= 15 is 0 Å². The van der Waals surface area contributed by atoms with E-state index in [2.05, 4.69) is 41.2 Å². The van der Waals surface area contributed by atoms with Crippen molar-refractivity contribution in [2.75, 3.05) is 0 Å². The summed E-state index contributed by atoms with van der Waals surface area (Å²) >= 11 is 0. The first-order chi connectivity index (χ1) is 11.2. The molecule has 0 aromatic rings. The van der Waals surface area contributed by atoms with E-state index in [1.807, 2.05) is 0 Å². The minimum atomic E-state index is 0.589. The van der Waals surface area contributed by atoms with Gasteiger partial charge in [0, 0.05) is 0 Å². The van der Waals surface area contributed by atoms with Crippen molar-refractivity contribution in [2.24, 2.45) is 51.2 Å². The Hall–Kier alpha value is -0.260. The molecule has 0 nitrogen and oxygen atoms in total. The Morgan fingerprint density at radius 1 is 0.917 bits per heavy atom. The van der Waals surface area contributed by atoms with E-state index < -0.39 is 0 Å². The SMILES string of the molecule is C=C(C)[C@H]1CCC2[C@@H]3C4CC5CC(C)(C)CC[C@]5(C)C43CC[C@@]21C. The topological polar surface area (TPSA) is 0 Å². The van der Waals surface area contributed by atoms with Crippen LogP contribution < -0.4 is 0 Å². The predicted molar refractivity (Wildman–Crippen MR) is 102 cm³/mol. The maximum atomic E-state index is 4.38. The zero-order valence-corrected chi connectivity index (χ0v) is 16.8. The standard InChI is InChI=1S/C24H38/c1-15(2)17-7-8-18-20-19-13-16-14-21(3,4)9-11-23(16,6)24(19,20)12-10-22(17,18)5/h16-20H,1,7-14H2,2-6H3/t16?,17-,18?,19?,20-,22-,23+,24?/m1/s1. The van der Waals surface area contributed by atoms with E-state index in [4.69, 9.17) is 0 Å². The first-order valence-electron chi connectivity index (χ1n) is 10.8. The fourth-order valence-corrected chi connectivity index (χ4v) is 9.55. The van der Waals surface area contributed by atoms with E-state index in [0.717, 1.165) is 35.0 Å². The molecule has 0 bridgehead atoms. The molecule has 0 aromatic carbocycles. The van der Waals surface area contributed by atoms with Crippen molar-refractivity contribution >= 4 is 0 Å². The van der Waals surface area contributed by atoms with Gasteiger partial charge in [0.25, 0.3) is 0 Å². The number of allylic oxidation sites excluding steroid dienone is 1. The normalized spacial score (nSPS) is 60.0. The number of hydrogen-bond donors (Lipinski definition) is 0. The van der Waals surface area contributed by atoms with Gasteiger partial charge in [0.1, 0.15) is 0 Å². The minimum absolute atomic E-state index is 0.589. The highest BCUT2D eigenvalue weighted by Gasteiger charge is 2.82. The van der Waals surface area contributed by atoms with Crippen molar-refractivity contribution in [1.82, 2.24) is 0 Å². The van der Waals surface area contributed by atoms with Crippen molar-refractivity contribution in [3.63, 3.8) is 0 Å². The summed E-state index contributed by atoms with van der Waals surface area (Å²) in [5, 5.41) is 0. The summed E-state index contributed by atoms with van der Waals surface area (Å²) in [5.74, 6) is 5.05. The molecule has 8 atom stereocenters. The van der Waals surface area contributed by atoms with Crippen molar-refractivity contribution < 1.29 is 0 Å². The molecule has 5 aliphatic rings. The van der Waals surface area contributed by atoms with Crippen LogP contribution in [0, 0.1) is 51.2 Å². The van der Waals surface area contributed by atoms with Crippen LogP contribution in [0.5, 0.6) is 0 Å². The first kappa shape index (κ1) is 16.0. The zero-order valence-electron chi connectivity index (χ0n) is 16.8. The third-order valence-corrected chi connectivity index (χ3v) is 10.7. The van der Waals surface area contributed by atoms with E-state index in [1.165, 1.54) is 44.1 Å². The van der Waals surface area contributed by atoms with Crippen LogP contribution in [-0.2, 0) is 0 Å². The largest absolute Gasteiger partial charge is 0.0998 e. The van der Waals surface area contributed by atoms with Crippen LogP contribution >= 0.6 is 0 Å².